The minimum absolute atomic E-state index is 0.503. The molecule has 0 atom stereocenters. The number of rotatable bonds is 4. The van der Waals surface area contributed by atoms with Gasteiger partial charge in [0.1, 0.15) is 12.1 Å². The normalized spacial score (nSPS) is 11.0. The van der Waals surface area contributed by atoms with Crippen LogP contribution in [-0.2, 0) is 0 Å². The van der Waals surface area contributed by atoms with Crippen molar-refractivity contribution < 1.29 is 0 Å². The number of benzene rings is 4. The highest BCUT2D eigenvalue weighted by atomic mass is 14.7. The fraction of sp³-hybridized carbons (Fsp3) is 0. The molecule has 0 fully saturated rings. The van der Waals surface area contributed by atoms with Gasteiger partial charge in [-0.05, 0) is 80.8 Å². The predicted octanol–water partition coefficient (Wildman–Crippen LogP) is 9.14. The third-order valence-corrected chi connectivity index (χ3v) is 8.25. The van der Waals surface area contributed by atoms with Crippen LogP contribution >= 0.6 is 0 Å². The molecule has 0 N–H and O–H groups in total. The van der Waals surface area contributed by atoms with Gasteiger partial charge in [-0.2, -0.15) is 10.5 Å². The number of nitriles is 2. The fourth-order valence-corrected chi connectivity index (χ4v) is 6.07. The van der Waals surface area contributed by atoms with Gasteiger partial charge in [0, 0.05) is 47.0 Å². The van der Waals surface area contributed by atoms with Crippen LogP contribution in [0.25, 0.3) is 77.3 Å². The third-order valence-electron chi connectivity index (χ3n) is 8.25. The lowest BCUT2D eigenvalue weighted by Gasteiger charge is -2.14. The van der Waals surface area contributed by atoms with Gasteiger partial charge in [-0.1, -0.05) is 60.7 Å². The molecule has 0 aliphatic rings. The maximum absolute atomic E-state index is 9.32. The second-order valence-electron chi connectivity index (χ2n) is 11.0. The molecule has 6 nitrogen and oxygen atoms in total. The Hall–Kier alpha value is -6.76. The number of hydrogen-bond acceptors (Lipinski definition) is 6. The number of nitrogens with zero attached hydrogens (tertiary/aromatic N) is 6. The molecule has 8 rings (SSSR count). The molecular formula is C40H22N6. The quantitative estimate of drug-likeness (QED) is 0.191. The van der Waals surface area contributed by atoms with E-state index >= 15 is 0 Å². The summed E-state index contributed by atoms with van der Waals surface area (Å²) >= 11 is 0. The van der Waals surface area contributed by atoms with Crippen molar-refractivity contribution in [2.24, 2.45) is 0 Å². The Bertz CT molecular complexity index is 2380. The van der Waals surface area contributed by atoms with Crippen LogP contribution < -0.4 is 0 Å². The van der Waals surface area contributed by atoms with E-state index in [-0.39, 0.29) is 0 Å². The van der Waals surface area contributed by atoms with E-state index in [4.69, 9.17) is 9.97 Å². The lowest BCUT2D eigenvalue weighted by atomic mass is 9.91. The van der Waals surface area contributed by atoms with Crippen LogP contribution in [0.5, 0.6) is 0 Å². The molecule has 0 spiro atoms. The smallest absolute Gasteiger partial charge is 0.101 e. The van der Waals surface area contributed by atoms with Crippen molar-refractivity contribution in [3.05, 3.63) is 145 Å². The maximum atomic E-state index is 9.32. The van der Waals surface area contributed by atoms with Crippen molar-refractivity contribution in [1.82, 2.24) is 19.9 Å². The molecule has 0 amide bonds. The van der Waals surface area contributed by atoms with Crippen molar-refractivity contribution in [3.8, 4) is 57.2 Å². The van der Waals surface area contributed by atoms with Gasteiger partial charge < -0.3 is 0 Å². The van der Waals surface area contributed by atoms with E-state index in [0.29, 0.717) is 11.1 Å². The van der Waals surface area contributed by atoms with Crippen molar-refractivity contribution >= 4 is 32.3 Å². The third kappa shape index (κ3) is 4.68. The largest absolute Gasteiger partial charge is 0.263 e. The van der Waals surface area contributed by atoms with Crippen LogP contribution in [0.3, 0.4) is 0 Å². The monoisotopic (exact) mass is 586 g/mol. The van der Waals surface area contributed by atoms with E-state index in [1.807, 2.05) is 48.5 Å². The molecule has 4 aromatic heterocycles. The zero-order valence-electron chi connectivity index (χ0n) is 24.4. The van der Waals surface area contributed by atoms with Gasteiger partial charge in [0.05, 0.1) is 33.9 Å². The molecule has 4 heterocycles. The summed E-state index contributed by atoms with van der Waals surface area (Å²) in [6.45, 7) is 0. The first-order chi connectivity index (χ1) is 22.7. The molecule has 8 aromatic rings. The Morgan fingerprint density at radius 1 is 0.370 bits per heavy atom. The molecule has 212 valence electrons. The minimum atomic E-state index is 0.503. The van der Waals surface area contributed by atoms with E-state index in [2.05, 4.69) is 82.8 Å². The summed E-state index contributed by atoms with van der Waals surface area (Å²) in [7, 11) is 0. The average molecular weight is 587 g/mol. The van der Waals surface area contributed by atoms with Crippen LogP contribution in [0, 0.1) is 22.7 Å². The summed E-state index contributed by atoms with van der Waals surface area (Å²) in [5.41, 5.74) is 7.88. The first-order valence-corrected chi connectivity index (χ1v) is 14.7. The first-order valence-electron chi connectivity index (χ1n) is 14.7. The Morgan fingerprint density at radius 2 is 0.783 bits per heavy atom. The summed E-state index contributed by atoms with van der Waals surface area (Å²) in [4.78, 5) is 18.3. The highest BCUT2D eigenvalue weighted by Gasteiger charge is 2.13. The zero-order valence-corrected chi connectivity index (χ0v) is 24.4. The Labute approximate surface area is 264 Å². The second-order valence-corrected chi connectivity index (χ2v) is 11.0. The summed E-state index contributed by atoms with van der Waals surface area (Å²) in [6, 6.07) is 41.3. The molecule has 46 heavy (non-hydrogen) atoms. The number of pyridine rings is 4. The van der Waals surface area contributed by atoms with Gasteiger partial charge >= 0.3 is 0 Å². The Kier molecular flexibility index (Phi) is 6.45. The summed E-state index contributed by atoms with van der Waals surface area (Å²) in [5.74, 6) is 0. The Morgan fingerprint density at radius 3 is 1.22 bits per heavy atom. The minimum Gasteiger partial charge on any atom is -0.263 e. The fourth-order valence-electron chi connectivity index (χ4n) is 6.07. The van der Waals surface area contributed by atoms with Gasteiger partial charge in [0.2, 0.25) is 0 Å². The second kappa shape index (κ2) is 11.1. The topological polar surface area (TPSA) is 99.1 Å². The molecule has 0 bridgehead atoms. The van der Waals surface area contributed by atoms with Gasteiger partial charge in [0.25, 0.3) is 0 Å². The van der Waals surface area contributed by atoms with Crippen molar-refractivity contribution in [1.29, 1.82) is 10.5 Å². The highest BCUT2D eigenvalue weighted by molar-refractivity contribution is 6.26. The van der Waals surface area contributed by atoms with E-state index in [9.17, 15) is 10.5 Å². The standard InChI is InChI=1S/C40H22N6/c41-19-25-15-29(23-43-21-25)39-9-3-7-37(45-39)27-11-13-33-34-14-12-28(18-36(34)32-6-2-1-5-31(32)35(33)17-27)38-8-4-10-40(46-38)30-16-26(20-42)22-44-24-30/h1-18,21-24H. The summed E-state index contributed by atoms with van der Waals surface area (Å²) < 4.78 is 0. The van der Waals surface area contributed by atoms with Gasteiger partial charge in [0.15, 0.2) is 0 Å². The zero-order chi connectivity index (χ0) is 31.0. The molecule has 0 radical (unpaired) electrons. The summed E-state index contributed by atoms with van der Waals surface area (Å²) in [6.07, 6.45) is 6.57. The number of fused-ring (bicyclic) bond motifs is 6. The molecular weight excluding hydrogens is 564 g/mol. The molecule has 4 aromatic carbocycles. The molecule has 0 aliphatic heterocycles. The van der Waals surface area contributed by atoms with Crippen molar-refractivity contribution in [3.63, 3.8) is 0 Å². The van der Waals surface area contributed by atoms with E-state index in [1.165, 1.54) is 0 Å². The lowest BCUT2D eigenvalue weighted by molar-refractivity contribution is 1.26. The van der Waals surface area contributed by atoms with Crippen molar-refractivity contribution in [2.75, 3.05) is 0 Å². The van der Waals surface area contributed by atoms with E-state index in [0.717, 1.165) is 77.3 Å². The Balaban J connectivity index is 1.25. The SMILES string of the molecule is N#Cc1cncc(-c2cccc(-c3ccc4c5ccc(-c6cccc(-c7cncc(C#N)c7)n6)cc5c5ccccc5c4c3)n2)c1. The van der Waals surface area contributed by atoms with Gasteiger partial charge in [-0.25, -0.2) is 9.97 Å². The average Bonchev–Trinajstić information content (AvgIpc) is 3.14. The lowest BCUT2D eigenvalue weighted by Crippen LogP contribution is -1.91. The molecule has 6 heteroatoms. The summed E-state index contributed by atoms with van der Waals surface area (Å²) in [5, 5.41) is 25.6. The van der Waals surface area contributed by atoms with Crippen LogP contribution in [0.15, 0.2) is 134 Å². The number of hydrogen-bond donors (Lipinski definition) is 0. The predicted molar refractivity (Wildman–Crippen MR) is 181 cm³/mol. The molecule has 0 aliphatic carbocycles. The molecule has 0 saturated heterocycles. The molecule has 0 unspecified atom stereocenters. The maximum Gasteiger partial charge on any atom is 0.101 e. The van der Waals surface area contributed by atoms with E-state index in [1.54, 1.807) is 24.8 Å². The first kappa shape index (κ1) is 26.8. The van der Waals surface area contributed by atoms with Crippen LogP contribution in [0.2, 0.25) is 0 Å². The molecule has 0 saturated carbocycles. The highest BCUT2D eigenvalue weighted by Crippen LogP contribution is 2.39. The van der Waals surface area contributed by atoms with Crippen LogP contribution in [0.4, 0.5) is 0 Å². The van der Waals surface area contributed by atoms with Crippen molar-refractivity contribution in [2.45, 2.75) is 0 Å². The van der Waals surface area contributed by atoms with Gasteiger partial charge in [-0.3, -0.25) is 9.97 Å². The van der Waals surface area contributed by atoms with Gasteiger partial charge in [-0.15, -0.1) is 0 Å². The number of aromatic nitrogens is 4. The van der Waals surface area contributed by atoms with Crippen LogP contribution in [-0.4, -0.2) is 19.9 Å². The van der Waals surface area contributed by atoms with Crippen LogP contribution in [0.1, 0.15) is 11.1 Å². The van der Waals surface area contributed by atoms with E-state index < -0.39 is 0 Å².